The van der Waals surface area contributed by atoms with Crippen molar-refractivity contribution < 1.29 is 32.6 Å². The number of thiophene rings is 1. The molecule has 2 aromatic heterocycles. The van der Waals surface area contributed by atoms with Gasteiger partial charge in [-0.2, -0.15) is 4.31 Å². The molecule has 3 aromatic rings. The van der Waals surface area contributed by atoms with Crippen LogP contribution in [0.1, 0.15) is 28.6 Å². The smallest absolute Gasteiger partial charge is 0.309 e. The van der Waals surface area contributed by atoms with E-state index in [9.17, 15) is 28.2 Å². The lowest BCUT2D eigenvalue weighted by Crippen LogP contribution is -2.57. The van der Waals surface area contributed by atoms with Crippen LogP contribution in [0.3, 0.4) is 0 Å². The molecule has 12 nitrogen and oxygen atoms in total. The summed E-state index contributed by atoms with van der Waals surface area (Å²) in [4.78, 5) is 35.9. The van der Waals surface area contributed by atoms with Crippen LogP contribution < -0.4 is 0 Å². The van der Waals surface area contributed by atoms with Gasteiger partial charge < -0.3 is 24.4 Å². The van der Waals surface area contributed by atoms with Gasteiger partial charge in [-0.05, 0) is 30.6 Å². The first-order chi connectivity index (χ1) is 19.6. The molecule has 2 aliphatic rings. The van der Waals surface area contributed by atoms with Crippen LogP contribution in [0.5, 0.6) is 0 Å². The number of aliphatic hydroxyl groups excluding tert-OH is 2. The molecular formula is C26H32ClN5O7S2. The maximum absolute atomic E-state index is 13.9. The summed E-state index contributed by atoms with van der Waals surface area (Å²) >= 11 is 7.20. The van der Waals surface area contributed by atoms with E-state index in [1.807, 2.05) is 7.05 Å². The van der Waals surface area contributed by atoms with Crippen molar-refractivity contribution in [2.45, 2.75) is 29.6 Å². The van der Waals surface area contributed by atoms with Gasteiger partial charge in [-0.1, -0.05) is 17.7 Å². The van der Waals surface area contributed by atoms with E-state index in [4.69, 9.17) is 16.0 Å². The molecule has 0 bridgehead atoms. The van der Waals surface area contributed by atoms with Crippen molar-refractivity contribution in [3.8, 4) is 0 Å². The van der Waals surface area contributed by atoms with Crippen LogP contribution in [-0.4, -0.2) is 120 Å². The molecule has 5 rings (SSSR count). The van der Waals surface area contributed by atoms with Crippen molar-refractivity contribution in [2.75, 3.05) is 59.5 Å². The Balaban J connectivity index is 1.43. The number of aliphatic hydroxyl groups is 2. The number of carbonyl (C=O) groups excluding carboxylic acids is 2. The Hall–Kier alpha value is -2.59. The summed E-state index contributed by atoms with van der Waals surface area (Å²) in [5.41, 5.74) is 0.743. The summed E-state index contributed by atoms with van der Waals surface area (Å²) in [5.74, 6) is -0.306. The SMILES string of the molecule is CN1CCc2nc(C(=O)N3CCN(S(=O)(=O)c4cc5ccc(Cl)cc5s4)C(CC(=O)N(CCO)CCO)C3)oc2C1. The fourth-order valence-corrected chi connectivity index (χ4v) is 8.62. The molecule has 0 saturated carbocycles. The normalized spacial score (nSPS) is 18.5. The first kappa shape index (κ1) is 29.9. The standard InChI is InChI=1S/C26H32ClN5O7S2/c1-29-5-4-20-21(16-29)39-25(28-20)26(36)31-6-7-32(19(15-31)14-23(35)30(8-10-33)9-11-34)41(37,38)24-12-17-2-3-18(27)13-22(17)40-24/h2-3,12-13,19,33-34H,4-11,14-16H2,1H3. The first-order valence-corrected chi connectivity index (χ1v) is 15.9. The predicted molar refractivity (Wildman–Crippen MR) is 152 cm³/mol. The third-order valence-electron chi connectivity index (χ3n) is 7.35. The van der Waals surface area contributed by atoms with Crippen LogP contribution in [0.15, 0.2) is 32.9 Å². The van der Waals surface area contributed by atoms with Crippen LogP contribution in [0, 0.1) is 0 Å². The molecule has 1 fully saturated rings. The summed E-state index contributed by atoms with van der Waals surface area (Å²) in [6.07, 6.45) is 0.421. The molecule has 2 aliphatic heterocycles. The highest BCUT2D eigenvalue weighted by atomic mass is 35.5. The number of halogens is 1. The van der Waals surface area contributed by atoms with Crippen molar-refractivity contribution in [1.82, 2.24) is 24.0 Å². The Labute approximate surface area is 246 Å². The summed E-state index contributed by atoms with van der Waals surface area (Å²) in [6.45, 7) is 0.715. The number of sulfonamides is 1. The monoisotopic (exact) mass is 625 g/mol. The molecule has 0 spiro atoms. The summed E-state index contributed by atoms with van der Waals surface area (Å²) in [5, 5.41) is 20.0. The molecule has 0 aliphatic carbocycles. The van der Waals surface area contributed by atoms with Gasteiger partial charge in [0.1, 0.15) is 9.97 Å². The third kappa shape index (κ3) is 6.28. The van der Waals surface area contributed by atoms with Gasteiger partial charge in [0.15, 0.2) is 0 Å². The molecule has 1 atom stereocenters. The highest BCUT2D eigenvalue weighted by Crippen LogP contribution is 2.34. The Morgan fingerprint density at radius 1 is 1.17 bits per heavy atom. The molecule has 15 heteroatoms. The minimum absolute atomic E-state index is 0.00506. The topological polar surface area (TPSA) is 148 Å². The van der Waals surface area contributed by atoms with E-state index in [0.29, 0.717) is 28.4 Å². The van der Waals surface area contributed by atoms with Gasteiger partial charge >= 0.3 is 5.91 Å². The third-order valence-corrected chi connectivity index (χ3v) is 11.1. The quantitative estimate of drug-likeness (QED) is 0.358. The zero-order valence-electron chi connectivity index (χ0n) is 22.5. The number of carbonyl (C=O) groups is 2. The predicted octanol–water partition coefficient (Wildman–Crippen LogP) is 1.25. The number of hydrogen-bond acceptors (Lipinski definition) is 10. The van der Waals surface area contributed by atoms with Crippen LogP contribution >= 0.6 is 22.9 Å². The highest BCUT2D eigenvalue weighted by molar-refractivity contribution is 7.91. The fourth-order valence-electron chi connectivity index (χ4n) is 5.21. The molecular weight excluding hydrogens is 594 g/mol. The molecule has 222 valence electrons. The molecule has 1 unspecified atom stereocenters. The Morgan fingerprint density at radius 3 is 2.66 bits per heavy atom. The van der Waals surface area contributed by atoms with Crippen molar-refractivity contribution >= 4 is 54.9 Å². The molecule has 1 saturated heterocycles. The van der Waals surface area contributed by atoms with Crippen molar-refractivity contribution in [3.63, 3.8) is 0 Å². The van der Waals surface area contributed by atoms with E-state index in [0.717, 1.165) is 29.0 Å². The maximum Gasteiger partial charge on any atom is 0.309 e. The van der Waals surface area contributed by atoms with Gasteiger partial charge in [0.2, 0.25) is 5.91 Å². The molecule has 2 N–H and O–H groups in total. The fraction of sp³-hybridized carbons (Fsp3) is 0.500. The Bertz CT molecular complexity index is 1540. The summed E-state index contributed by atoms with van der Waals surface area (Å²) < 4.78 is 35.7. The summed E-state index contributed by atoms with van der Waals surface area (Å²) in [6, 6.07) is 5.83. The Kier molecular flexibility index (Phi) is 8.99. The van der Waals surface area contributed by atoms with Gasteiger partial charge in [0.05, 0.1) is 31.5 Å². The lowest BCUT2D eigenvalue weighted by Gasteiger charge is -2.40. The lowest BCUT2D eigenvalue weighted by molar-refractivity contribution is -0.133. The number of oxazole rings is 1. The maximum atomic E-state index is 13.9. The number of piperazine rings is 1. The number of likely N-dealkylation sites (N-methyl/N-ethyl adjacent to an activating group) is 1. The van der Waals surface area contributed by atoms with Crippen LogP contribution in [-0.2, 0) is 27.8 Å². The lowest BCUT2D eigenvalue weighted by atomic mass is 10.1. The molecule has 4 heterocycles. The zero-order valence-corrected chi connectivity index (χ0v) is 24.9. The number of fused-ring (bicyclic) bond motifs is 2. The van der Waals surface area contributed by atoms with E-state index < -0.39 is 27.9 Å². The number of amides is 2. The molecule has 2 amide bonds. The van der Waals surface area contributed by atoms with Crippen molar-refractivity contribution in [1.29, 1.82) is 0 Å². The number of benzene rings is 1. The average molecular weight is 626 g/mol. The number of hydrogen-bond donors (Lipinski definition) is 2. The van der Waals surface area contributed by atoms with Gasteiger partial charge in [0.25, 0.3) is 15.9 Å². The highest BCUT2D eigenvalue weighted by Gasteiger charge is 2.41. The van der Waals surface area contributed by atoms with E-state index in [1.165, 1.54) is 14.1 Å². The summed E-state index contributed by atoms with van der Waals surface area (Å²) in [7, 11) is -2.09. The second-order valence-corrected chi connectivity index (χ2v) is 13.8. The second-order valence-electron chi connectivity index (χ2n) is 10.2. The van der Waals surface area contributed by atoms with E-state index in [1.54, 1.807) is 24.3 Å². The minimum atomic E-state index is -4.05. The van der Waals surface area contributed by atoms with Gasteiger partial charge in [-0.3, -0.25) is 14.5 Å². The van der Waals surface area contributed by atoms with Crippen LogP contribution in [0.2, 0.25) is 5.02 Å². The number of nitrogens with zero attached hydrogens (tertiary/aromatic N) is 5. The molecule has 41 heavy (non-hydrogen) atoms. The van der Waals surface area contributed by atoms with E-state index >= 15 is 0 Å². The van der Waals surface area contributed by atoms with Gasteiger partial charge in [-0.15, -0.1) is 11.3 Å². The van der Waals surface area contributed by atoms with Crippen LogP contribution in [0.4, 0.5) is 0 Å². The van der Waals surface area contributed by atoms with E-state index in [-0.39, 0.29) is 62.5 Å². The Morgan fingerprint density at radius 2 is 1.93 bits per heavy atom. The van der Waals surface area contributed by atoms with Gasteiger partial charge in [0, 0.05) is 61.8 Å². The van der Waals surface area contributed by atoms with Crippen molar-refractivity contribution in [3.05, 3.63) is 46.6 Å². The second kappa shape index (κ2) is 12.3. The minimum Gasteiger partial charge on any atom is -0.436 e. The average Bonchev–Trinajstić information content (AvgIpc) is 3.56. The molecule has 0 radical (unpaired) electrons. The van der Waals surface area contributed by atoms with Crippen molar-refractivity contribution in [2.24, 2.45) is 0 Å². The first-order valence-electron chi connectivity index (χ1n) is 13.3. The van der Waals surface area contributed by atoms with E-state index in [2.05, 4.69) is 9.88 Å². The van der Waals surface area contributed by atoms with Crippen LogP contribution in [0.25, 0.3) is 10.1 Å². The largest absolute Gasteiger partial charge is 0.436 e. The number of rotatable bonds is 9. The number of aromatic nitrogens is 1. The van der Waals surface area contributed by atoms with Gasteiger partial charge in [-0.25, -0.2) is 13.4 Å². The molecule has 1 aromatic carbocycles. The zero-order chi connectivity index (χ0) is 29.3.